The highest BCUT2D eigenvalue weighted by Crippen LogP contribution is 2.31. The highest BCUT2D eigenvalue weighted by Gasteiger charge is 2.28. The third-order valence-electron chi connectivity index (χ3n) is 4.70. The molecule has 1 amide bonds. The molecule has 1 aliphatic heterocycles. The summed E-state index contributed by atoms with van der Waals surface area (Å²) in [7, 11) is 0. The van der Waals surface area contributed by atoms with E-state index in [2.05, 4.69) is 17.6 Å². The predicted octanol–water partition coefficient (Wildman–Crippen LogP) is 2.12. The third-order valence-corrected chi connectivity index (χ3v) is 4.70. The number of carbonyl (C=O) groups excluding carboxylic acids is 1. The lowest BCUT2D eigenvalue weighted by Gasteiger charge is -2.31. The molecule has 0 radical (unpaired) electrons. The fourth-order valence-corrected chi connectivity index (χ4v) is 3.34. The molecule has 20 heavy (non-hydrogen) atoms. The minimum Gasteiger partial charge on any atom is -0.375 e. The van der Waals surface area contributed by atoms with Crippen molar-refractivity contribution < 1.29 is 9.53 Å². The monoisotopic (exact) mass is 304 g/mol. The van der Waals surface area contributed by atoms with E-state index in [1.165, 1.54) is 25.7 Å². The number of hydrogen-bond acceptors (Lipinski definition) is 3. The van der Waals surface area contributed by atoms with Crippen LogP contribution in [0.3, 0.4) is 0 Å². The molecule has 0 aromatic carbocycles. The van der Waals surface area contributed by atoms with Crippen molar-refractivity contribution in [3.05, 3.63) is 0 Å². The number of halogens is 1. The lowest BCUT2D eigenvalue weighted by Crippen LogP contribution is -2.55. The van der Waals surface area contributed by atoms with Gasteiger partial charge in [-0.1, -0.05) is 32.6 Å². The van der Waals surface area contributed by atoms with Crippen molar-refractivity contribution in [1.29, 1.82) is 0 Å². The molecule has 1 saturated carbocycles. The van der Waals surface area contributed by atoms with Crippen LogP contribution in [0.5, 0.6) is 0 Å². The van der Waals surface area contributed by atoms with Gasteiger partial charge in [-0.3, -0.25) is 4.79 Å². The van der Waals surface area contributed by atoms with E-state index in [0.29, 0.717) is 6.61 Å². The summed E-state index contributed by atoms with van der Waals surface area (Å²) in [6.45, 7) is 6.58. The maximum Gasteiger partial charge on any atom is 0.239 e. The summed E-state index contributed by atoms with van der Waals surface area (Å²) in [4.78, 5) is 12.1. The molecule has 118 valence electrons. The van der Waals surface area contributed by atoms with E-state index >= 15 is 0 Å². The Morgan fingerprint density at radius 3 is 2.75 bits per heavy atom. The topological polar surface area (TPSA) is 50.4 Å². The van der Waals surface area contributed by atoms with Crippen molar-refractivity contribution in [3.63, 3.8) is 0 Å². The van der Waals surface area contributed by atoms with E-state index in [9.17, 15) is 4.79 Å². The summed E-state index contributed by atoms with van der Waals surface area (Å²) in [5.74, 6) is 1.71. The van der Waals surface area contributed by atoms with Crippen LogP contribution < -0.4 is 10.6 Å². The third kappa shape index (κ3) is 4.90. The lowest BCUT2D eigenvalue weighted by molar-refractivity contribution is -0.129. The molecule has 1 aliphatic carbocycles. The van der Waals surface area contributed by atoms with Gasteiger partial charge in [-0.25, -0.2) is 0 Å². The van der Waals surface area contributed by atoms with Gasteiger partial charge in [0.15, 0.2) is 0 Å². The van der Waals surface area contributed by atoms with Crippen LogP contribution in [0.4, 0.5) is 0 Å². The van der Waals surface area contributed by atoms with Gasteiger partial charge in [-0.05, 0) is 25.2 Å². The van der Waals surface area contributed by atoms with E-state index in [1.807, 2.05) is 6.92 Å². The Kier molecular flexibility index (Phi) is 7.85. The Balaban J connectivity index is 0.00000200. The SMILES string of the molecule is CC1CCCCC1CCNC(=O)[C@H]1NCCO[C@@H]1C.Cl. The quantitative estimate of drug-likeness (QED) is 0.836. The van der Waals surface area contributed by atoms with Crippen molar-refractivity contribution in [2.24, 2.45) is 11.8 Å². The average Bonchev–Trinajstić information content (AvgIpc) is 2.41. The fraction of sp³-hybridized carbons (Fsp3) is 0.933. The summed E-state index contributed by atoms with van der Waals surface area (Å²) in [5, 5.41) is 6.30. The molecular formula is C15H29ClN2O2. The molecule has 2 unspecified atom stereocenters. The molecule has 2 N–H and O–H groups in total. The van der Waals surface area contributed by atoms with Gasteiger partial charge < -0.3 is 15.4 Å². The van der Waals surface area contributed by atoms with Crippen LogP contribution >= 0.6 is 12.4 Å². The number of amides is 1. The second-order valence-electron chi connectivity index (χ2n) is 6.11. The zero-order valence-corrected chi connectivity index (χ0v) is 13.5. The summed E-state index contributed by atoms with van der Waals surface area (Å²) >= 11 is 0. The molecular weight excluding hydrogens is 276 g/mol. The van der Waals surface area contributed by atoms with E-state index in [0.717, 1.165) is 31.3 Å². The van der Waals surface area contributed by atoms with Gasteiger partial charge in [0.1, 0.15) is 6.04 Å². The first kappa shape index (κ1) is 17.7. The highest BCUT2D eigenvalue weighted by atomic mass is 35.5. The summed E-state index contributed by atoms with van der Waals surface area (Å²) in [5.41, 5.74) is 0. The second kappa shape index (κ2) is 8.85. The normalized spacial score (nSPS) is 34.1. The molecule has 0 bridgehead atoms. The Labute approximate surface area is 128 Å². The van der Waals surface area contributed by atoms with Crippen LogP contribution in [0.2, 0.25) is 0 Å². The largest absolute Gasteiger partial charge is 0.375 e. The number of carbonyl (C=O) groups is 1. The van der Waals surface area contributed by atoms with Crippen molar-refractivity contribution >= 4 is 18.3 Å². The summed E-state index contributed by atoms with van der Waals surface area (Å²) in [6.07, 6.45) is 6.52. The molecule has 4 nitrogen and oxygen atoms in total. The second-order valence-corrected chi connectivity index (χ2v) is 6.11. The van der Waals surface area contributed by atoms with Gasteiger partial charge in [-0.2, -0.15) is 0 Å². The first-order chi connectivity index (χ1) is 9.18. The van der Waals surface area contributed by atoms with Crippen molar-refractivity contribution in [1.82, 2.24) is 10.6 Å². The van der Waals surface area contributed by atoms with E-state index in [-0.39, 0.29) is 30.5 Å². The van der Waals surface area contributed by atoms with Crippen LogP contribution in [0.25, 0.3) is 0 Å². The lowest BCUT2D eigenvalue weighted by atomic mass is 9.79. The maximum absolute atomic E-state index is 12.1. The standard InChI is InChI=1S/C15H28N2O2.ClH/c1-11-5-3-4-6-13(11)7-8-17-15(18)14-12(2)19-10-9-16-14;/h11-14,16H,3-10H2,1-2H3,(H,17,18);1H/t11?,12-,13?,14+;/m1./s1. The number of ether oxygens (including phenoxy) is 1. The molecule has 1 heterocycles. The van der Waals surface area contributed by atoms with Crippen LogP contribution in [0, 0.1) is 11.8 Å². The van der Waals surface area contributed by atoms with Gasteiger partial charge in [0.05, 0.1) is 12.7 Å². The van der Waals surface area contributed by atoms with E-state index in [4.69, 9.17) is 4.74 Å². The van der Waals surface area contributed by atoms with Crippen LogP contribution in [0.1, 0.15) is 46.0 Å². The van der Waals surface area contributed by atoms with Gasteiger partial charge in [0, 0.05) is 13.1 Å². The molecule has 0 aromatic rings. The minimum absolute atomic E-state index is 0. The zero-order valence-electron chi connectivity index (χ0n) is 12.7. The Morgan fingerprint density at radius 2 is 2.05 bits per heavy atom. The van der Waals surface area contributed by atoms with Crippen molar-refractivity contribution in [2.75, 3.05) is 19.7 Å². The van der Waals surface area contributed by atoms with Crippen LogP contribution in [0.15, 0.2) is 0 Å². The smallest absolute Gasteiger partial charge is 0.239 e. The van der Waals surface area contributed by atoms with Gasteiger partial charge in [-0.15, -0.1) is 12.4 Å². The molecule has 5 heteroatoms. The molecule has 2 aliphatic rings. The first-order valence-corrected chi connectivity index (χ1v) is 7.81. The Bertz CT molecular complexity index is 302. The highest BCUT2D eigenvalue weighted by molar-refractivity contribution is 5.85. The average molecular weight is 305 g/mol. The van der Waals surface area contributed by atoms with E-state index < -0.39 is 0 Å². The Hall–Kier alpha value is -0.320. The number of nitrogens with one attached hydrogen (secondary N) is 2. The number of hydrogen-bond donors (Lipinski definition) is 2. The van der Waals surface area contributed by atoms with Crippen LogP contribution in [-0.4, -0.2) is 37.7 Å². The summed E-state index contributed by atoms with van der Waals surface area (Å²) < 4.78 is 5.50. The maximum atomic E-state index is 12.1. The Morgan fingerprint density at radius 1 is 1.30 bits per heavy atom. The zero-order chi connectivity index (χ0) is 13.7. The molecule has 4 atom stereocenters. The minimum atomic E-state index is -0.183. The number of morpholine rings is 1. The van der Waals surface area contributed by atoms with Gasteiger partial charge in [0.2, 0.25) is 5.91 Å². The van der Waals surface area contributed by atoms with E-state index in [1.54, 1.807) is 0 Å². The van der Waals surface area contributed by atoms with Crippen LogP contribution in [-0.2, 0) is 9.53 Å². The summed E-state index contributed by atoms with van der Waals surface area (Å²) in [6, 6.07) is -0.183. The molecule has 2 rings (SSSR count). The first-order valence-electron chi connectivity index (χ1n) is 7.81. The van der Waals surface area contributed by atoms with Crippen molar-refractivity contribution in [2.45, 2.75) is 58.1 Å². The predicted molar refractivity (Wildman–Crippen MR) is 83.2 cm³/mol. The molecule has 1 saturated heterocycles. The number of rotatable bonds is 4. The fourth-order valence-electron chi connectivity index (χ4n) is 3.34. The molecule has 0 spiro atoms. The molecule has 2 fully saturated rings. The van der Waals surface area contributed by atoms with Gasteiger partial charge in [0.25, 0.3) is 0 Å². The van der Waals surface area contributed by atoms with Gasteiger partial charge >= 0.3 is 0 Å². The molecule has 0 aromatic heterocycles. The van der Waals surface area contributed by atoms with Crippen molar-refractivity contribution in [3.8, 4) is 0 Å².